The molecule has 0 aliphatic heterocycles. The predicted molar refractivity (Wildman–Crippen MR) is 106 cm³/mol. The number of hydrogen-bond donors (Lipinski definition) is 0. The summed E-state index contributed by atoms with van der Waals surface area (Å²) in [6.07, 6.45) is -2.31. The van der Waals surface area contributed by atoms with E-state index in [9.17, 15) is 39.5 Å². The normalized spacial score (nSPS) is 20.3. The summed E-state index contributed by atoms with van der Waals surface area (Å²) >= 11 is 0. The van der Waals surface area contributed by atoms with E-state index in [4.69, 9.17) is 0 Å². The molecule has 1 fully saturated rings. The van der Waals surface area contributed by atoms with Gasteiger partial charge in [-0.2, -0.15) is 13.2 Å². The van der Waals surface area contributed by atoms with Crippen LogP contribution in [0, 0.1) is 23.3 Å². The molecule has 1 saturated carbocycles. The molecule has 0 saturated heterocycles. The Hall–Kier alpha value is -2.71. The first kappa shape index (κ1) is 24.9. The summed E-state index contributed by atoms with van der Waals surface area (Å²) in [5, 5.41) is 0. The predicted octanol–water partition coefficient (Wildman–Crippen LogP) is 8.89. The zero-order valence-corrected chi connectivity index (χ0v) is 17.3. The van der Waals surface area contributed by atoms with Gasteiger partial charge in [0.15, 0.2) is 11.7 Å². The van der Waals surface area contributed by atoms with E-state index in [1.165, 1.54) is 13.0 Å². The Balaban J connectivity index is 1.80. The van der Waals surface area contributed by atoms with Crippen molar-refractivity contribution < 1.29 is 39.5 Å². The molecule has 0 radical (unpaired) electrons. The van der Waals surface area contributed by atoms with Crippen molar-refractivity contribution in [3.05, 3.63) is 87.8 Å². The molecule has 178 valence electrons. The minimum Gasteiger partial charge on any atom is -0.207 e. The molecular weight excluding hydrogens is 459 g/mol. The summed E-state index contributed by atoms with van der Waals surface area (Å²) in [7, 11) is 0. The molecule has 33 heavy (non-hydrogen) atoms. The van der Waals surface area contributed by atoms with Crippen molar-refractivity contribution in [1.29, 1.82) is 0 Å². The van der Waals surface area contributed by atoms with Crippen LogP contribution in [0.3, 0.4) is 0 Å². The molecule has 0 heterocycles. The third-order valence-electron chi connectivity index (χ3n) is 5.81. The summed E-state index contributed by atoms with van der Waals surface area (Å²) in [4.78, 5) is 0. The number of halogens is 9. The summed E-state index contributed by atoms with van der Waals surface area (Å²) in [5.74, 6) is -9.35. The van der Waals surface area contributed by atoms with Gasteiger partial charge in [-0.25, -0.2) is 26.3 Å². The summed E-state index contributed by atoms with van der Waals surface area (Å²) in [6.45, 7) is 1.45. The molecular formula is C24H19F9. The maximum Gasteiger partial charge on any atom is 0.422 e. The lowest BCUT2D eigenvalue weighted by atomic mass is 9.75. The molecule has 0 amide bonds. The summed E-state index contributed by atoms with van der Waals surface area (Å²) in [5.41, 5.74) is -2.81. The largest absolute Gasteiger partial charge is 0.422 e. The molecule has 0 N–H and O–H groups in total. The molecule has 0 unspecified atom stereocenters. The van der Waals surface area contributed by atoms with Crippen LogP contribution in [0.4, 0.5) is 39.5 Å². The van der Waals surface area contributed by atoms with Crippen LogP contribution < -0.4 is 0 Å². The zero-order chi connectivity index (χ0) is 24.5. The van der Waals surface area contributed by atoms with Crippen LogP contribution in [0.2, 0.25) is 0 Å². The van der Waals surface area contributed by atoms with Crippen molar-refractivity contribution in [2.24, 2.45) is 0 Å². The van der Waals surface area contributed by atoms with E-state index in [1.807, 2.05) is 0 Å². The third-order valence-corrected chi connectivity index (χ3v) is 5.81. The lowest BCUT2D eigenvalue weighted by Crippen LogP contribution is -2.17. The van der Waals surface area contributed by atoms with Gasteiger partial charge in [0.1, 0.15) is 28.8 Å². The van der Waals surface area contributed by atoms with Crippen molar-refractivity contribution in [1.82, 2.24) is 0 Å². The van der Waals surface area contributed by atoms with Gasteiger partial charge in [-0.15, -0.1) is 0 Å². The lowest BCUT2D eigenvalue weighted by molar-refractivity contribution is -0.142. The molecule has 9 heteroatoms. The molecule has 2 aromatic carbocycles. The maximum absolute atomic E-state index is 14.6. The minimum absolute atomic E-state index is 0.0411. The van der Waals surface area contributed by atoms with Gasteiger partial charge in [-0.05, 0) is 80.3 Å². The summed E-state index contributed by atoms with van der Waals surface area (Å²) < 4.78 is 123. The SMILES string of the molecule is CC=CC(F)=C(F)c1cc(F)c(C2CCC(c3cc(F)c(C(F)(F)F)c(F)c3)CC2)c(F)c1. The quantitative estimate of drug-likeness (QED) is 0.304. The first-order valence-corrected chi connectivity index (χ1v) is 10.2. The van der Waals surface area contributed by atoms with E-state index in [-0.39, 0.29) is 36.8 Å². The van der Waals surface area contributed by atoms with E-state index in [2.05, 4.69) is 0 Å². The zero-order valence-electron chi connectivity index (χ0n) is 17.3. The van der Waals surface area contributed by atoms with Crippen LogP contribution in [0.25, 0.3) is 5.83 Å². The standard InChI is InChI=1S/C24H19F9/c1-2-3-16(25)23(30)15-10-17(26)21(18(27)11-15)13-6-4-12(5-7-13)14-8-19(28)22(20(29)9-14)24(31,32)33/h2-3,8-13H,4-7H2,1H3. The van der Waals surface area contributed by atoms with Gasteiger partial charge < -0.3 is 0 Å². The molecule has 0 atom stereocenters. The van der Waals surface area contributed by atoms with E-state index >= 15 is 0 Å². The highest BCUT2D eigenvalue weighted by Crippen LogP contribution is 2.44. The molecule has 0 spiro atoms. The van der Waals surface area contributed by atoms with Crippen LogP contribution in [0.15, 0.2) is 42.2 Å². The van der Waals surface area contributed by atoms with Crippen molar-refractivity contribution >= 4 is 5.83 Å². The molecule has 3 rings (SSSR count). The minimum atomic E-state index is -5.17. The second-order valence-electron chi connectivity index (χ2n) is 7.92. The number of rotatable bonds is 4. The Morgan fingerprint density at radius 1 is 0.788 bits per heavy atom. The highest BCUT2D eigenvalue weighted by atomic mass is 19.4. The molecule has 2 aromatic rings. The topological polar surface area (TPSA) is 0 Å². The van der Waals surface area contributed by atoms with E-state index < -0.39 is 64.1 Å². The van der Waals surface area contributed by atoms with Gasteiger partial charge in [-0.3, -0.25) is 0 Å². The Morgan fingerprint density at radius 3 is 1.73 bits per heavy atom. The van der Waals surface area contributed by atoms with Gasteiger partial charge in [0, 0.05) is 11.1 Å². The summed E-state index contributed by atoms with van der Waals surface area (Å²) in [6, 6.07) is 2.68. The fourth-order valence-corrected chi connectivity index (χ4v) is 4.27. The lowest BCUT2D eigenvalue weighted by Gasteiger charge is -2.30. The highest BCUT2D eigenvalue weighted by Gasteiger charge is 2.38. The number of benzene rings is 2. The van der Waals surface area contributed by atoms with Gasteiger partial charge in [0.25, 0.3) is 0 Å². The van der Waals surface area contributed by atoms with Crippen molar-refractivity contribution in [3.63, 3.8) is 0 Å². The fourth-order valence-electron chi connectivity index (χ4n) is 4.27. The van der Waals surface area contributed by atoms with Gasteiger partial charge in [0.2, 0.25) is 0 Å². The second kappa shape index (κ2) is 9.65. The molecule has 1 aliphatic rings. The highest BCUT2D eigenvalue weighted by molar-refractivity contribution is 5.63. The molecule has 0 bridgehead atoms. The van der Waals surface area contributed by atoms with Crippen LogP contribution in [-0.2, 0) is 6.18 Å². The van der Waals surface area contributed by atoms with Crippen LogP contribution in [0.5, 0.6) is 0 Å². The Kier molecular flexibility index (Phi) is 7.29. The average Bonchev–Trinajstić information content (AvgIpc) is 2.71. The number of allylic oxidation sites excluding steroid dienone is 3. The Labute approximate surface area is 184 Å². The van der Waals surface area contributed by atoms with Gasteiger partial charge in [-0.1, -0.05) is 6.08 Å². The van der Waals surface area contributed by atoms with Crippen molar-refractivity contribution in [2.45, 2.75) is 50.6 Å². The smallest absolute Gasteiger partial charge is 0.207 e. The van der Waals surface area contributed by atoms with E-state index in [1.54, 1.807) is 0 Å². The number of hydrogen-bond acceptors (Lipinski definition) is 0. The van der Waals surface area contributed by atoms with Crippen molar-refractivity contribution in [2.75, 3.05) is 0 Å². The first-order valence-electron chi connectivity index (χ1n) is 10.2. The van der Waals surface area contributed by atoms with Crippen molar-refractivity contribution in [3.8, 4) is 0 Å². The molecule has 0 nitrogen and oxygen atoms in total. The van der Waals surface area contributed by atoms with Gasteiger partial charge >= 0.3 is 6.18 Å². The van der Waals surface area contributed by atoms with Crippen LogP contribution >= 0.6 is 0 Å². The maximum atomic E-state index is 14.6. The van der Waals surface area contributed by atoms with E-state index in [0.29, 0.717) is 24.3 Å². The molecule has 0 aromatic heterocycles. The first-order chi connectivity index (χ1) is 15.4. The monoisotopic (exact) mass is 478 g/mol. The molecule has 1 aliphatic carbocycles. The third kappa shape index (κ3) is 5.28. The average molecular weight is 478 g/mol. The second-order valence-corrected chi connectivity index (χ2v) is 7.92. The van der Waals surface area contributed by atoms with Crippen LogP contribution in [0.1, 0.15) is 66.7 Å². The van der Waals surface area contributed by atoms with E-state index in [0.717, 1.165) is 6.08 Å². The van der Waals surface area contributed by atoms with Crippen LogP contribution in [-0.4, -0.2) is 0 Å². The Bertz CT molecular complexity index is 1040. The fraction of sp³-hybridized carbons (Fsp3) is 0.333. The van der Waals surface area contributed by atoms with Gasteiger partial charge in [0.05, 0.1) is 0 Å². The Morgan fingerprint density at radius 2 is 1.27 bits per heavy atom. The number of alkyl halides is 3.